The Morgan fingerprint density at radius 3 is 2.31 bits per heavy atom. The van der Waals surface area contributed by atoms with Crippen LogP contribution in [0.3, 0.4) is 0 Å². The second-order valence-corrected chi connectivity index (χ2v) is 10.9. The van der Waals surface area contributed by atoms with Gasteiger partial charge in [-0.05, 0) is 56.6 Å². The number of likely N-dealkylation sites (tertiary alicyclic amines) is 1. The van der Waals surface area contributed by atoms with E-state index in [1.54, 1.807) is 0 Å². The predicted molar refractivity (Wildman–Crippen MR) is 111 cm³/mol. The first-order valence-electron chi connectivity index (χ1n) is 11.3. The largest absolute Gasteiger partial charge is 0.573 e. The number of piperidine rings is 1. The molecule has 4 rings (SSSR count). The molecule has 0 radical (unpaired) electrons. The molecule has 1 aromatic rings. The van der Waals surface area contributed by atoms with Crippen LogP contribution in [0.15, 0.2) is 29.2 Å². The maximum Gasteiger partial charge on any atom is 0.573 e. The van der Waals surface area contributed by atoms with E-state index in [0.29, 0.717) is 24.8 Å². The van der Waals surface area contributed by atoms with Gasteiger partial charge in [-0.1, -0.05) is 18.9 Å². The third-order valence-corrected chi connectivity index (χ3v) is 8.90. The van der Waals surface area contributed by atoms with Crippen LogP contribution in [0.2, 0.25) is 0 Å². The van der Waals surface area contributed by atoms with Gasteiger partial charge in [-0.25, -0.2) is 8.42 Å². The lowest BCUT2D eigenvalue weighted by Gasteiger charge is -2.36. The number of hydrogen-bond acceptors (Lipinski definition) is 4. The van der Waals surface area contributed by atoms with Gasteiger partial charge in [-0.15, -0.1) is 13.2 Å². The van der Waals surface area contributed by atoms with E-state index in [9.17, 15) is 26.4 Å². The van der Waals surface area contributed by atoms with Crippen molar-refractivity contribution in [3.05, 3.63) is 24.3 Å². The zero-order chi connectivity index (χ0) is 22.9. The summed E-state index contributed by atoms with van der Waals surface area (Å²) in [5.74, 6) is -0.0518. The van der Waals surface area contributed by atoms with Crippen molar-refractivity contribution < 1.29 is 31.1 Å². The molecule has 2 aliphatic heterocycles. The molecule has 2 saturated heterocycles. The molecule has 10 heteroatoms. The first-order chi connectivity index (χ1) is 15.1. The van der Waals surface area contributed by atoms with Gasteiger partial charge in [0.25, 0.3) is 0 Å². The minimum absolute atomic E-state index is 0.136. The zero-order valence-electron chi connectivity index (χ0n) is 17.9. The van der Waals surface area contributed by atoms with Gasteiger partial charge < -0.3 is 9.64 Å². The minimum Gasteiger partial charge on any atom is -0.406 e. The molecule has 1 aromatic carbocycles. The first-order valence-corrected chi connectivity index (χ1v) is 12.8. The Labute approximate surface area is 186 Å². The second-order valence-electron chi connectivity index (χ2n) is 8.99. The van der Waals surface area contributed by atoms with E-state index in [1.165, 1.54) is 42.1 Å². The third kappa shape index (κ3) is 5.06. The summed E-state index contributed by atoms with van der Waals surface area (Å²) in [5.41, 5.74) is 0. The highest BCUT2D eigenvalue weighted by Crippen LogP contribution is 2.37. The Bertz CT molecular complexity index is 923. The molecule has 0 spiro atoms. The number of ether oxygens (including phenoxy) is 1. The third-order valence-electron chi connectivity index (χ3n) is 7.01. The van der Waals surface area contributed by atoms with Crippen LogP contribution in [0.25, 0.3) is 0 Å². The highest BCUT2D eigenvalue weighted by atomic mass is 32.2. The highest BCUT2D eigenvalue weighted by molar-refractivity contribution is 7.89. The number of alkyl halides is 3. The highest BCUT2D eigenvalue weighted by Gasteiger charge is 2.40. The number of amides is 1. The normalized spacial score (nSPS) is 24.2. The lowest BCUT2D eigenvalue weighted by Crippen LogP contribution is -2.47. The molecule has 1 aliphatic carbocycles. The summed E-state index contributed by atoms with van der Waals surface area (Å²) in [6.07, 6.45) is 2.85. The van der Waals surface area contributed by atoms with Crippen LogP contribution in [0.4, 0.5) is 13.2 Å². The summed E-state index contributed by atoms with van der Waals surface area (Å²) in [6.45, 7) is 1.13. The van der Waals surface area contributed by atoms with Gasteiger partial charge in [0.1, 0.15) is 5.75 Å². The number of carbonyl (C=O) groups excluding carboxylic acids is 1. The van der Waals surface area contributed by atoms with E-state index in [-0.39, 0.29) is 29.8 Å². The van der Waals surface area contributed by atoms with Gasteiger partial charge in [0.15, 0.2) is 0 Å². The Morgan fingerprint density at radius 1 is 0.969 bits per heavy atom. The molecule has 3 aliphatic rings. The second kappa shape index (κ2) is 9.21. The van der Waals surface area contributed by atoms with Crippen molar-refractivity contribution >= 4 is 15.9 Å². The SMILES string of the molecule is O=C(C1CCN(S(=O)(=O)c2cccc(OC(F)(F)F)c2)CC1)N1CCCC1C1CCCC1. The fourth-order valence-corrected chi connectivity index (χ4v) is 6.96. The van der Waals surface area contributed by atoms with Crippen molar-refractivity contribution in [1.82, 2.24) is 9.21 Å². The van der Waals surface area contributed by atoms with Crippen LogP contribution in [-0.4, -0.2) is 55.6 Å². The van der Waals surface area contributed by atoms with Gasteiger partial charge in [0.2, 0.25) is 15.9 Å². The van der Waals surface area contributed by atoms with Gasteiger partial charge >= 0.3 is 6.36 Å². The summed E-state index contributed by atoms with van der Waals surface area (Å²) in [5, 5.41) is 0. The van der Waals surface area contributed by atoms with Gasteiger partial charge in [0.05, 0.1) is 4.90 Å². The molecule has 0 aromatic heterocycles. The maximum atomic E-state index is 13.2. The van der Waals surface area contributed by atoms with Crippen LogP contribution in [-0.2, 0) is 14.8 Å². The average Bonchev–Trinajstić information content (AvgIpc) is 3.44. The predicted octanol–water partition coefficient (Wildman–Crippen LogP) is 4.17. The van der Waals surface area contributed by atoms with Crippen LogP contribution in [0, 0.1) is 11.8 Å². The molecule has 0 bridgehead atoms. The monoisotopic (exact) mass is 474 g/mol. The average molecular weight is 475 g/mol. The lowest BCUT2D eigenvalue weighted by molar-refractivity contribution is -0.274. The number of carbonyl (C=O) groups is 1. The first kappa shape index (κ1) is 23.4. The molecule has 6 nitrogen and oxygen atoms in total. The Morgan fingerprint density at radius 2 is 1.66 bits per heavy atom. The van der Waals surface area contributed by atoms with Crippen LogP contribution < -0.4 is 4.74 Å². The van der Waals surface area contributed by atoms with Crippen molar-refractivity contribution in [1.29, 1.82) is 0 Å². The molecule has 2 heterocycles. The van der Waals surface area contributed by atoms with E-state index in [1.807, 2.05) is 4.90 Å². The molecule has 1 unspecified atom stereocenters. The smallest absolute Gasteiger partial charge is 0.406 e. The van der Waals surface area contributed by atoms with E-state index in [0.717, 1.165) is 31.5 Å². The van der Waals surface area contributed by atoms with Crippen molar-refractivity contribution in [2.24, 2.45) is 11.8 Å². The number of rotatable bonds is 5. The quantitative estimate of drug-likeness (QED) is 0.643. The molecule has 0 N–H and O–H groups in total. The maximum absolute atomic E-state index is 13.2. The molecule has 1 atom stereocenters. The molecule has 3 fully saturated rings. The number of benzene rings is 1. The van der Waals surface area contributed by atoms with Crippen LogP contribution in [0.5, 0.6) is 5.75 Å². The summed E-state index contributed by atoms with van der Waals surface area (Å²) in [6, 6.07) is 4.75. The van der Waals surface area contributed by atoms with Gasteiger partial charge in [-0.2, -0.15) is 4.31 Å². The summed E-state index contributed by atoms with van der Waals surface area (Å²) in [7, 11) is -3.97. The van der Waals surface area contributed by atoms with E-state index < -0.39 is 22.1 Å². The van der Waals surface area contributed by atoms with E-state index >= 15 is 0 Å². The molecule has 178 valence electrons. The fourth-order valence-electron chi connectivity index (χ4n) is 5.46. The molecular formula is C22H29F3N2O4S. The summed E-state index contributed by atoms with van der Waals surface area (Å²) in [4.78, 5) is 15.0. The summed E-state index contributed by atoms with van der Waals surface area (Å²) >= 11 is 0. The Kier molecular flexibility index (Phi) is 6.72. The van der Waals surface area contributed by atoms with Crippen molar-refractivity contribution in [3.63, 3.8) is 0 Å². The molecule has 1 amide bonds. The standard InChI is InChI=1S/C22H29F3N2O4S/c23-22(24,25)31-18-7-3-8-19(15-18)32(29,30)26-13-10-17(11-14-26)21(28)27-12-4-9-20(27)16-5-1-2-6-16/h3,7-8,15-17,20H,1-2,4-6,9-14H2. The zero-order valence-corrected chi connectivity index (χ0v) is 18.7. The Balaban J connectivity index is 1.39. The molecule has 1 saturated carbocycles. The topological polar surface area (TPSA) is 66.9 Å². The lowest BCUT2D eigenvalue weighted by atomic mass is 9.92. The fraction of sp³-hybridized carbons (Fsp3) is 0.682. The Hall–Kier alpha value is -1.81. The number of halogens is 3. The van der Waals surface area contributed by atoms with E-state index in [2.05, 4.69) is 4.74 Å². The van der Waals surface area contributed by atoms with Crippen molar-refractivity contribution in [3.8, 4) is 5.75 Å². The molecular weight excluding hydrogens is 445 g/mol. The van der Waals surface area contributed by atoms with Crippen LogP contribution in [0.1, 0.15) is 51.4 Å². The van der Waals surface area contributed by atoms with Gasteiger partial charge in [-0.3, -0.25) is 4.79 Å². The van der Waals surface area contributed by atoms with Crippen molar-refractivity contribution in [2.45, 2.75) is 68.7 Å². The number of sulfonamides is 1. The number of hydrogen-bond donors (Lipinski definition) is 0. The number of nitrogens with zero attached hydrogens (tertiary/aromatic N) is 2. The van der Waals surface area contributed by atoms with E-state index in [4.69, 9.17) is 0 Å². The summed E-state index contributed by atoms with van der Waals surface area (Å²) < 4.78 is 68.5. The molecule has 32 heavy (non-hydrogen) atoms. The van der Waals surface area contributed by atoms with Gasteiger partial charge in [0, 0.05) is 37.7 Å². The van der Waals surface area contributed by atoms with Crippen LogP contribution >= 0.6 is 0 Å². The van der Waals surface area contributed by atoms with Crippen molar-refractivity contribution in [2.75, 3.05) is 19.6 Å². The minimum atomic E-state index is -4.90.